The highest BCUT2D eigenvalue weighted by molar-refractivity contribution is 5.22. The molecule has 1 saturated heterocycles. The molecule has 1 heterocycles. The van der Waals surface area contributed by atoms with Crippen molar-refractivity contribution in [2.75, 3.05) is 32.7 Å². The fraction of sp³-hybridized carbons (Fsp3) is 0.667. The van der Waals surface area contributed by atoms with Crippen molar-refractivity contribution in [3.63, 3.8) is 0 Å². The van der Waals surface area contributed by atoms with Crippen molar-refractivity contribution < 1.29 is 5.11 Å². The molecule has 1 aliphatic rings. The molecule has 0 bridgehead atoms. The highest BCUT2D eigenvalue weighted by Crippen LogP contribution is 2.15. The number of aryl methyl sites for hydroxylation is 1. The summed E-state index contributed by atoms with van der Waals surface area (Å²) in [7, 11) is 0. The Hall–Kier alpha value is -0.900. The van der Waals surface area contributed by atoms with Gasteiger partial charge in [-0.05, 0) is 44.4 Å². The Balaban J connectivity index is 1.80. The summed E-state index contributed by atoms with van der Waals surface area (Å²) in [5, 5.41) is 9.78. The van der Waals surface area contributed by atoms with Crippen LogP contribution in [0.1, 0.15) is 38.3 Å². The number of rotatable bonds is 6. The molecule has 0 amide bonds. The zero-order valence-electron chi connectivity index (χ0n) is 13.8. The number of likely N-dealkylation sites (N-methyl/N-ethyl adjacent to an activating group) is 1. The fourth-order valence-corrected chi connectivity index (χ4v) is 2.78. The lowest BCUT2D eigenvalue weighted by atomic mass is 9.98. The lowest BCUT2D eigenvalue weighted by molar-refractivity contribution is 0.0714. The van der Waals surface area contributed by atoms with Gasteiger partial charge >= 0.3 is 0 Å². The van der Waals surface area contributed by atoms with Crippen LogP contribution in [0.25, 0.3) is 0 Å². The molecule has 21 heavy (non-hydrogen) atoms. The van der Waals surface area contributed by atoms with Gasteiger partial charge in [-0.15, -0.1) is 0 Å². The van der Waals surface area contributed by atoms with Crippen LogP contribution in [0.3, 0.4) is 0 Å². The summed E-state index contributed by atoms with van der Waals surface area (Å²) < 4.78 is 0. The van der Waals surface area contributed by atoms with Gasteiger partial charge in [0.25, 0.3) is 0 Å². The summed E-state index contributed by atoms with van der Waals surface area (Å²) in [6.45, 7) is 13.0. The smallest absolute Gasteiger partial charge is 0.0594 e. The lowest BCUT2D eigenvalue weighted by Crippen LogP contribution is -2.45. The number of benzene rings is 1. The molecule has 0 atom stereocenters. The van der Waals surface area contributed by atoms with Gasteiger partial charge in [-0.1, -0.05) is 31.2 Å². The van der Waals surface area contributed by atoms with Crippen molar-refractivity contribution in [2.45, 2.75) is 45.8 Å². The van der Waals surface area contributed by atoms with E-state index >= 15 is 0 Å². The van der Waals surface area contributed by atoms with Crippen LogP contribution in [0.2, 0.25) is 0 Å². The van der Waals surface area contributed by atoms with Gasteiger partial charge in [0.15, 0.2) is 0 Å². The third kappa shape index (κ3) is 5.77. The van der Waals surface area contributed by atoms with E-state index < -0.39 is 5.60 Å². The van der Waals surface area contributed by atoms with Gasteiger partial charge in [0.2, 0.25) is 0 Å². The first-order chi connectivity index (χ1) is 9.96. The molecule has 118 valence electrons. The normalized spacial score (nSPS) is 18.1. The minimum absolute atomic E-state index is 0.572. The first kappa shape index (κ1) is 16.5. The lowest BCUT2D eigenvalue weighted by Gasteiger charge is -2.34. The predicted octanol–water partition coefficient (Wildman–Crippen LogP) is 2.53. The monoisotopic (exact) mass is 290 g/mol. The zero-order valence-corrected chi connectivity index (χ0v) is 13.8. The third-order valence-electron chi connectivity index (χ3n) is 4.37. The van der Waals surface area contributed by atoms with E-state index in [4.69, 9.17) is 0 Å². The third-order valence-corrected chi connectivity index (χ3v) is 4.37. The molecule has 1 aliphatic heterocycles. The highest BCUT2D eigenvalue weighted by atomic mass is 16.3. The molecular formula is C18H30N2O. The molecule has 1 aromatic rings. The quantitative estimate of drug-likeness (QED) is 0.872. The van der Waals surface area contributed by atoms with Gasteiger partial charge in [0.05, 0.1) is 5.60 Å². The fourth-order valence-electron chi connectivity index (χ4n) is 2.78. The molecule has 0 aliphatic carbocycles. The van der Waals surface area contributed by atoms with Crippen molar-refractivity contribution in [2.24, 2.45) is 0 Å². The number of piperazine rings is 1. The topological polar surface area (TPSA) is 26.7 Å². The number of nitrogens with zero attached hydrogens (tertiary/aromatic N) is 2. The summed E-state index contributed by atoms with van der Waals surface area (Å²) in [6, 6.07) is 8.91. The Kier molecular flexibility index (Phi) is 5.80. The van der Waals surface area contributed by atoms with E-state index in [0.717, 1.165) is 19.4 Å². The Morgan fingerprint density at radius 3 is 2.00 bits per heavy atom. The maximum absolute atomic E-state index is 9.78. The Bertz CT molecular complexity index is 414. The summed E-state index contributed by atoms with van der Waals surface area (Å²) in [6.07, 6.45) is 1.75. The van der Waals surface area contributed by atoms with Gasteiger partial charge in [-0.3, -0.25) is 4.90 Å². The molecule has 0 aromatic heterocycles. The molecule has 0 radical (unpaired) electrons. The molecule has 0 unspecified atom stereocenters. The van der Waals surface area contributed by atoms with Crippen molar-refractivity contribution in [1.29, 1.82) is 0 Å². The van der Waals surface area contributed by atoms with E-state index in [1.54, 1.807) is 0 Å². The Labute approximate surface area is 129 Å². The van der Waals surface area contributed by atoms with Crippen LogP contribution in [0.4, 0.5) is 0 Å². The van der Waals surface area contributed by atoms with Gasteiger partial charge in [-0.2, -0.15) is 0 Å². The maximum atomic E-state index is 9.78. The maximum Gasteiger partial charge on any atom is 0.0594 e. The van der Waals surface area contributed by atoms with Gasteiger partial charge in [-0.25, -0.2) is 0 Å². The zero-order chi connectivity index (χ0) is 15.3. The Morgan fingerprint density at radius 1 is 0.952 bits per heavy atom. The van der Waals surface area contributed by atoms with Crippen LogP contribution in [0.15, 0.2) is 24.3 Å². The summed E-state index contributed by atoms with van der Waals surface area (Å²) in [5.41, 5.74) is 2.14. The second-order valence-corrected chi connectivity index (χ2v) is 6.84. The number of aliphatic hydroxyl groups is 1. The van der Waals surface area contributed by atoms with Crippen LogP contribution < -0.4 is 0 Å². The summed E-state index contributed by atoms with van der Waals surface area (Å²) in [4.78, 5) is 5.05. The van der Waals surface area contributed by atoms with E-state index in [2.05, 4.69) is 41.0 Å². The highest BCUT2D eigenvalue weighted by Gasteiger charge is 2.15. The van der Waals surface area contributed by atoms with Crippen molar-refractivity contribution >= 4 is 0 Å². The van der Waals surface area contributed by atoms with Crippen molar-refractivity contribution in [1.82, 2.24) is 9.80 Å². The molecule has 3 nitrogen and oxygen atoms in total. The summed E-state index contributed by atoms with van der Waals surface area (Å²) >= 11 is 0. The molecule has 0 saturated carbocycles. The molecule has 3 heteroatoms. The van der Waals surface area contributed by atoms with E-state index in [9.17, 15) is 5.11 Å². The van der Waals surface area contributed by atoms with Gasteiger partial charge in [0, 0.05) is 32.7 Å². The van der Waals surface area contributed by atoms with E-state index in [-0.39, 0.29) is 0 Å². The largest absolute Gasteiger partial charge is 0.390 e. The molecule has 0 spiro atoms. The SMILES string of the molecule is CCN1CCN(Cc2ccc(CCC(C)(C)O)cc2)CC1. The Morgan fingerprint density at radius 2 is 1.48 bits per heavy atom. The minimum Gasteiger partial charge on any atom is -0.390 e. The number of hydrogen-bond acceptors (Lipinski definition) is 3. The average Bonchev–Trinajstić information content (AvgIpc) is 2.46. The van der Waals surface area contributed by atoms with Gasteiger partial charge < -0.3 is 10.0 Å². The van der Waals surface area contributed by atoms with Crippen LogP contribution >= 0.6 is 0 Å². The van der Waals surface area contributed by atoms with E-state index in [1.165, 1.54) is 43.9 Å². The molecule has 1 aromatic carbocycles. The average molecular weight is 290 g/mol. The molecule has 2 rings (SSSR count). The predicted molar refractivity (Wildman–Crippen MR) is 88.5 cm³/mol. The van der Waals surface area contributed by atoms with Crippen LogP contribution in [-0.4, -0.2) is 53.2 Å². The first-order valence-corrected chi connectivity index (χ1v) is 8.21. The van der Waals surface area contributed by atoms with E-state index in [0.29, 0.717) is 0 Å². The minimum atomic E-state index is -0.572. The standard InChI is InChI=1S/C18H30N2O/c1-4-19-11-13-20(14-12-19)15-17-7-5-16(6-8-17)9-10-18(2,3)21/h5-8,21H,4,9-15H2,1-3H3. The number of hydrogen-bond donors (Lipinski definition) is 1. The first-order valence-electron chi connectivity index (χ1n) is 8.21. The molecular weight excluding hydrogens is 260 g/mol. The second-order valence-electron chi connectivity index (χ2n) is 6.84. The van der Waals surface area contributed by atoms with Crippen LogP contribution in [0.5, 0.6) is 0 Å². The molecule has 1 fully saturated rings. The molecule has 1 N–H and O–H groups in total. The van der Waals surface area contributed by atoms with E-state index in [1.807, 2.05) is 13.8 Å². The van der Waals surface area contributed by atoms with Gasteiger partial charge in [0.1, 0.15) is 0 Å². The van der Waals surface area contributed by atoms with Crippen molar-refractivity contribution in [3.8, 4) is 0 Å². The second kappa shape index (κ2) is 7.39. The van der Waals surface area contributed by atoms with Crippen LogP contribution in [0, 0.1) is 0 Å². The van der Waals surface area contributed by atoms with Crippen LogP contribution in [-0.2, 0) is 13.0 Å². The summed E-state index contributed by atoms with van der Waals surface area (Å²) in [5.74, 6) is 0. The van der Waals surface area contributed by atoms with Crippen molar-refractivity contribution in [3.05, 3.63) is 35.4 Å².